The molecular weight excluding hydrogens is 422 g/mol. The second-order valence-electron chi connectivity index (χ2n) is 4.50. The summed E-state index contributed by atoms with van der Waals surface area (Å²) in [5.41, 5.74) is 1.77. The van der Waals surface area contributed by atoms with E-state index in [9.17, 15) is 13.5 Å². The number of hydrogen-bond donors (Lipinski definition) is 2. The van der Waals surface area contributed by atoms with Gasteiger partial charge in [0.1, 0.15) is 4.90 Å². The van der Waals surface area contributed by atoms with Crippen LogP contribution < -0.4 is 4.72 Å². The second kappa shape index (κ2) is 6.48. The smallest absolute Gasteiger partial charge is 0.263 e. The fourth-order valence-corrected chi connectivity index (χ4v) is 4.22. The van der Waals surface area contributed by atoms with Crippen LogP contribution in [0.15, 0.2) is 50.2 Å². The summed E-state index contributed by atoms with van der Waals surface area (Å²) in [6, 6.07) is 10.0. The van der Waals surface area contributed by atoms with E-state index >= 15 is 0 Å². The van der Waals surface area contributed by atoms with Gasteiger partial charge < -0.3 is 5.11 Å². The van der Waals surface area contributed by atoms with E-state index in [2.05, 4.69) is 36.6 Å². The molecule has 7 heteroatoms. The van der Waals surface area contributed by atoms with Gasteiger partial charge in [-0.2, -0.15) is 0 Å². The Labute approximate surface area is 140 Å². The fourth-order valence-electron chi connectivity index (χ4n) is 1.82. The lowest BCUT2D eigenvalue weighted by Gasteiger charge is -2.12. The highest BCUT2D eigenvalue weighted by molar-refractivity contribution is 9.10. The largest absolute Gasteiger partial charge is 0.392 e. The number of aryl methyl sites for hydroxylation is 1. The molecular formula is C14H13Br2NO3S. The molecule has 0 aliphatic carbocycles. The molecule has 0 atom stereocenters. The van der Waals surface area contributed by atoms with Crippen LogP contribution >= 0.6 is 31.9 Å². The van der Waals surface area contributed by atoms with Crippen LogP contribution in [-0.4, -0.2) is 13.5 Å². The number of anilines is 1. The van der Waals surface area contributed by atoms with Gasteiger partial charge in [0.25, 0.3) is 10.0 Å². The molecule has 0 radical (unpaired) electrons. The second-order valence-corrected chi connectivity index (χ2v) is 7.85. The third kappa shape index (κ3) is 3.85. The lowest BCUT2D eigenvalue weighted by Crippen LogP contribution is -2.14. The normalized spacial score (nSPS) is 11.4. The number of benzene rings is 2. The van der Waals surface area contributed by atoms with Crippen LogP contribution in [0, 0.1) is 6.92 Å². The van der Waals surface area contributed by atoms with Gasteiger partial charge in [-0.3, -0.25) is 4.72 Å². The number of nitrogens with one attached hydrogen (secondary N) is 1. The number of aliphatic hydroxyl groups excluding tert-OH is 1. The number of rotatable bonds is 4. The summed E-state index contributed by atoms with van der Waals surface area (Å²) in [5.74, 6) is 0. The van der Waals surface area contributed by atoms with Crippen molar-refractivity contribution in [1.82, 2.24) is 0 Å². The summed E-state index contributed by atoms with van der Waals surface area (Å²) in [7, 11) is -3.74. The Hall–Kier alpha value is -0.890. The van der Waals surface area contributed by atoms with Gasteiger partial charge in [-0.1, -0.05) is 22.0 Å². The number of sulfonamides is 1. The first-order valence-electron chi connectivity index (χ1n) is 6.02. The Kier molecular flexibility index (Phi) is 5.08. The lowest BCUT2D eigenvalue weighted by molar-refractivity contribution is 0.281. The quantitative estimate of drug-likeness (QED) is 0.768. The first-order chi connectivity index (χ1) is 9.83. The van der Waals surface area contributed by atoms with Gasteiger partial charge in [0, 0.05) is 14.6 Å². The summed E-state index contributed by atoms with van der Waals surface area (Å²) in [6.45, 7) is 1.57. The fraction of sp³-hybridized carbons (Fsp3) is 0.143. The predicted molar refractivity (Wildman–Crippen MR) is 89.8 cm³/mol. The molecule has 0 saturated carbocycles. The van der Waals surface area contributed by atoms with Gasteiger partial charge in [-0.15, -0.1) is 0 Å². The minimum atomic E-state index is -3.74. The monoisotopic (exact) mass is 433 g/mol. The van der Waals surface area contributed by atoms with Crippen molar-refractivity contribution in [3.05, 3.63) is 56.5 Å². The van der Waals surface area contributed by atoms with E-state index < -0.39 is 10.0 Å². The molecule has 2 aromatic rings. The predicted octanol–water partition coefficient (Wildman–Crippen LogP) is 3.81. The number of hydrogen-bond acceptors (Lipinski definition) is 3. The third-order valence-electron chi connectivity index (χ3n) is 2.85. The van der Waals surface area contributed by atoms with E-state index in [-0.39, 0.29) is 11.5 Å². The SMILES string of the molecule is Cc1cc(CO)cc(S(=O)(=O)Nc2ccc(Br)cc2)c1Br. The van der Waals surface area contributed by atoms with Crippen LogP contribution in [0.4, 0.5) is 5.69 Å². The van der Waals surface area contributed by atoms with Crippen LogP contribution in [0.1, 0.15) is 11.1 Å². The van der Waals surface area contributed by atoms with Crippen LogP contribution in [0.2, 0.25) is 0 Å². The zero-order valence-electron chi connectivity index (χ0n) is 11.1. The van der Waals surface area contributed by atoms with Crippen LogP contribution in [-0.2, 0) is 16.6 Å². The first kappa shape index (κ1) is 16.5. The van der Waals surface area contributed by atoms with Crippen molar-refractivity contribution in [2.45, 2.75) is 18.4 Å². The summed E-state index contributed by atoms with van der Waals surface area (Å²) >= 11 is 6.59. The molecule has 0 aromatic heterocycles. The van der Waals surface area contributed by atoms with E-state index in [0.29, 0.717) is 15.7 Å². The Morgan fingerprint density at radius 3 is 2.33 bits per heavy atom. The van der Waals surface area contributed by atoms with E-state index in [1.165, 1.54) is 6.07 Å². The highest BCUT2D eigenvalue weighted by Gasteiger charge is 2.20. The first-order valence-corrected chi connectivity index (χ1v) is 9.08. The lowest BCUT2D eigenvalue weighted by atomic mass is 10.1. The molecule has 112 valence electrons. The maximum atomic E-state index is 12.5. The maximum Gasteiger partial charge on any atom is 0.263 e. The molecule has 2 aromatic carbocycles. The van der Waals surface area contributed by atoms with Crippen LogP contribution in [0.5, 0.6) is 0 Å². The van der Waals surface area contributed by atoms with E-state index in [0.717, 1.165) is 10.0 Å². The molecule has 2 N–H and O–H groups in total. The summed E-state index contributed by atoms with van der Waals surface area (Å²) in [6.07, 6.45) is 0. The van der Waals surface area contributed by atoms with Gasteiger partial charge in [0.05, 0.1) is 6.61 Å². The summed E-state index contributed by atoms with van der Waals surface area (Å²) in [5, 5.41) is 9.23. The van der Waals surface area contributed by atoms with Crippen LogP contribution in [0.3, 0.4) is 0 Å². The highest BCUT2D eigenvalue weighted by Crippen LogP contribution is 2.29. The van der Waals surface area contributed by atoms with Crippen molar-refractivity contribution in [2.75, 3.05) is 4.72 Å². The Bertz CT molecular complexity index is 759. The molecule has 0 fully saturated rings. The van der Waals surface area contributed by atoms with Gasteiger partial charge in [0.15, 0.2) is 0 Å². The molecule has 0 saturated heterocycles. The molecule has 0 aliphatic rings. The van der Waals surface area contributed by atoms with Crippen molar-refractivity contribution in [3.8, 4) is 0 Å². The molecule has 21 heavy (non-hydrogen) atoms. The number of aliphatic hydroxyl groups is 1. The average molecular weight is 435 g/mol. The van der Waals surface area contributed by atoms with Gasteiger partial charge in [-0.25, -0.2) is 8.42 Å². The number of halogens is 2. The molecule has 0 heterocycles. The van der Waals surface area contributed by atoms with Gasteiger partial charge in [0.2, 0.25) is 0 Å². The zero-order valence-corrected chi connectivity index (χ0v) is 15.1. The summed E-state index contributed by atoms with van der Waals surface area (Å²) < 4.78 is 28.9. The van der Waals surface area contributed by atoms with Crippen molar-refractivity contribution >= 4 is 47.6 Å². The van der Waals surface area contributed by atoms with Crippen molar-refractivity contribution in [2.24, 2.45) is 0 Å². The molecule has 0 spiro atoms. The third-order valence-corrected chi connectivity index (χ3v) is 6.10. The standard InChI is InChI=1S/C14H13Br2NO3S/c1-9-6-10(8-18)7-13(14(9)16)21(19,20)17-12-4-2-11(15)3-5-12/h2-7,17-18H,8H2,1H3. The Balaban J connectivity index is 2.44. The molecule has 0 bridgehead atoms. The van der Waals surface area contributed by atoms with Crippen LogP contribution in [0.25, 0.3) is 0 Å². The van der Waals surface area contributed by atoms with E-state index in [4.69, 9.17) is 0 Å². The Morgan fingerprint density at radius 2 is 1.76 bits per heavy atom. The molecule has 4 nitrogen and oxygen atoms in total. The maximum absolute atomic E-state index is 12.5. The highest BCUT2D eigenvalue weighted by atomic mass is 79.9. The Morgan fingerprint density at radius 1 is 1.14 bits per heavy atom. The minimum Gasteiger partial charge on any atom is -0.392 e. The molecule has 2 rings (SSSR count). The van der Waals surface area contributed by atoms with Gasteiger partial charge in [-0.05, 0) is 64.3 Å². The van der Waals surface area contributed by atoms with E-state index in [1.807, 2.05) is 0 Å². The van der Waals surface area contributed by atoms with E-state index in [1.54, 1.807) is 37.3 Å². The molecule has 0 unspecified atom stereocenters. The summed E-state index contributed by atoms with van der Waals surface area (Å²) in [4.78, 5) is 0.106. The van der Waals surface area contributed by atoms with Crippen molar-refractivity contribution in [3.63, 3.8) is 0 Å². The van der Waals surface area contributed by atoms with Crippen molar-refractivity contribution < 1.29 is 13.5 Å². The topological polar surface area (TPSA) is 66.4 Å². The molecule has 0 aliphatic heterocycles. The molecule has 0 amide bonds. The zero-order chi connectivity index (χ0) is 15.6. The van der Waals surface area contributed by atoms with Gasteiger partial charge >= 0.3 is 0 Å². The minimum absolute atomic E-state index is 0.106. The average Bonchev–Trinajstić information content (AvgIpc) is 2.43. The van der Waals surface area contributed by atoms with Crippen molar-refractivity contribution in [1.29, 1.82) is 0 Å².